The number of urea groups is 1. The van der Waals surface area contributed by atoms with Gasteiger partial charge in [0, 0.05) is 43.5 Å². The molecule has 2 aromatic rings. The Hall–Kier alpha value is -3.66. The van der Waals surface area contributed by atoms with Gasteiger partial charge < -0.3 is 26.0 Å². The van der Waals surface area contributed by atoms with E-state index in [4.69, 9.17) is 10.5 Å². The largest absolute Gasteiger partial charge is 0.497 e. The maximum atomic E-state index is 13.2. The number of carbonyl (C=O) groups is 3. The molecule has 0 aromatic heterocycles. The summed E-state index contributed by atoms with van der Waals surface area (Å²) in [6.07, 6.45) is -1.17. The molecule has 10 heteroatoms. The highest BCUT2D eigenvalue weighted by Crippen LogP contribution is 2.22. The number of nitrogens with two attached hydrogens (primary N) is 1. The van der Waals surface area contributed by atoms with E-state index in [1.54, 1.807) is 24.3 Å². The van der Waals surface area contributed by atoms with Crippen molar-refractivity contribution in [3.63, 3.8) is 0 Å². The smallest absolute Gasteiger partial charge is 0.323 e. The Balaban J connectivity index is 1.82. The van der Waals surface area contributed by atoms with Gasteiger partial charge in [-0.3, -0.25) is 14.5 Å². The number of anilines is 1. The second-order valence-electron chi connectivity index (χ2n) is 6.81. The first-order valence-electron chi connectivity index (χ1n) is 9.70. The van der Waals surface area contributed by atoms with Crippen LogP contribution in [0.1, 0.15) is 10.4 Å². The van der Waals surface area contributed by atoms with Crippen LogP contribution in [0.3, 0.4) is 0 Å². The van der Waals surface area contributed by atoms with Gasteiger partial charge in [0.1, 0.15) is 11.6 Å². The number of hydrogen-bond donors (Lipinski definition) is 3. The van der Waals surface area contributed by atoms with Crippen LogP contribution in [0.15, 0.2) is 48.5 Å². The van der Waals surface area contributed by atoms with Crippen LogP contribution < -0.4 is 21.1 Å². The second kappa shape index (κ2) is 9.90. The van der Waals surface area contributed by atoms with Crippen LogP contribution in [-0.4, -0.2) is 67.1 Å². The van der Waals surface area contributed by atoms with Gasteiger partial charge in [0.05, 0.1) is 7.11 Å². The Morgan fingerprint density at radius 2 is 1.84 bits per heavy atom. The van der Waals surface area contributed by atoms with E-state index in [1.165, 1.54) is 41.2 Å². The van der Waals surface area contributed by atoms with Crippen molar-refractivity contribution in [1.82, 2.24) is 15.1 Å². The van der Waals surface area contributed by atoms with E-state index < -0.39 is 29.8 Å². The molecule has 1 heterocycles. The first-order valence-corrected chi connectivity index (χ1v) is 9.70. The fourth-order valence-corrected chi connectivity index (χ4v) is 3.28. The van der Waals surface area contributed by atoms with Crippen molar-refractivity contribution >= 4 is 23.5 Å². The van der Waals surface area contributed by atoms with Crippen LogP contribution in [0, 0.1) is 5.82 Å². The maximum absolute atomic E-state index is 13.2. The van der Waals surface area contributed by atoms with Crippen LogP contribution in [0.4, 0.5) is 14.9 Å². The van der Waals surface area contributed by atoms with Crippen molar-refractivity contribution in [2.45, 2.75) is 6.17 Å². The zero-order valence-electron chi connectivity index (χ0n) is 17.0. The third-order valence-electron chi connectivity index (χ3n) is 4.78. The van der Waals surface area contributed by atoms with Gasteiger partial charge in [-0.05, 0) is 36.4 Å². The lowest BCUT2D eigenvalue weighted by Crippen LogP contribution is -2.55. The number of halogens is 1. The van der Waals surface area contributed by atoms with Crippen molar-refractivity contribution in [2.24, 2.45) is 5.73 Å². The van der Waals surface area contributed by atoms with Crippen molar-refractivity contribution in [1.29, 1.82) is 0 Å². The van der Waals surface area contributed by atoms with E-state index >= 15 is 0 Å². The van der Waals surface area contributed by atoms with Gasteiger partial charge in [0.15, 0.2) is 6.17 Å². The summed E-state index contributed by atoms with van der Waals surface area (Å²) in [5, 5.41) is 5.35. The molecule has 0 aliphatic carbocycles. The van der Waals surface area contributed by atoms with Crippen molar-refractivity contribution < 1.29 is 23.5 Å². The minimum Gasteiger partial charge on any atom is -0.497 e. The molecule has 0 radical (unpaired) electrons. The molecule has 9 nitrogen and oxygen atoms in total. The summed E-state index contributed by atoms with van der Waals surface area (Å²) >= 11 is 0. The lowest BCUT2D eigenvalue weighted by Gasteiger charge is -2.29. The Morgan fingerprint density at radius 3 is 2.52 bits per heavy atom. The molecule has 0 bridgehead atoms. The van der Waals surface area contributed by atoms with E-state index in [2.05, 4.69) is 10.6 Å². The number of rotatable bonds is 6. The fraction of sp³-hybridized carbons (Fsp3) is 0.286. The third-order valence-corrected chi connectivity index (χ3v) is 4.78. The highest BCUT2D eigenvalue weighted by atomic mass is 19.1. The number of hydrogen-bond acceptors (Lipinski definition) is 5. The van der Waals surface area contributed by atoms with Gasteiger partial charge in [-0.25, -0.2) is 9.18 Å². The zero-order valence-corrected chi connectivity index (χ0v) is 17.0. The summed E-state index contributed by atoms with van der Waals surface area (Å²) in [4.78, 5) is 41.3. The average Bonchev–Trinajstić information content (AvgIpc) is 3.23. The molecule has 4 N–H and O–H groups in total. The lowest BCUT2D eigenvalue weighted by atomic mass is 10.2. The molecule has 3 rings (SSSR count). The van der Waals surface area contributed by atoms with Crippen LogP contribution >= 0.6 is 0 Å². The summed E-state index contributed by atoms with van der Waals surface area (Å²) in [7, 11) is 1.51. The fourth-order valence-electron chi connectivity index (χ4n) is 3.28. The van der Waals surface area contributed by atoms with Gasteiger partial charge in [-0.15, -0.1) is 0 Å². The number of amides is 4. The third kappa shape index (κ3) is 5.10. The van der Waals surface area contributed by atoms with Crippen LogP contribution in [0.5, 0.6) is 5.75 Å². The van der Waals surface area contributed by atoms with Crippen molar-refractivity contribution in [3.05, 3.63) is 59.9 Å². The van der Waals surface area contributed by atoms with Gasteiger partial charge in [0.2, 0.25) is 0 Å². The van der Waals surface area contributed by atoms with Gasteiger partial charge >= 0.3 is 6.03 Å². The Morgan fingerprint density at radius 1 is 1.13 bits per heavy atom. The molecule has 0 spiro atoms. The molecular weight excluding hydrogens is 405 g/mol. The minimum atomic E-state index is -1.17. The number of benzene rings is 2. The quantitative estimate of drug-likeness (QED) is 0.639. The average molecular weight is 429 g/mol. The predicted octanol–water partition coefficient (Wildman–Crippen LogP) is 1.23. The Labute approximate surface area is 178 Å². The Kier molecular flexibility index (Phi) is 7.03. The Bertz CT molecular complexity index is 953. The second-order valence-corrected chi connectivity index (χ2v) is 6.81. The monoisotopic (exact) mass is 429 g/mol. The molecule has 2 aromatic carbocycles. The van der Waals surface area contributed by atoms with E-state index in [0.29, 0.717) is 11.4 Å². The molecule has 1 unspecified atom stereocenters. The SMILES string of the molecule is COc1cccc(NC(=O)N2CCN(C(=O)c3ccc(F)cc3)C2C(=O)NCCN)c1. The zero-order chi connectivity index (χ0) is 22.4. The standard InChI is InChI=1S/C21H24FN5O4/c1-31-17-4-2-3-16(13-17)25-21(30)27-12-11-26(19(27)18(28)24-10-9-23)20(29)14-5-7-15(22)8-6-14/h2-8,13,19H,9-12,23H2,1H3,(H,24,28)(H,25,30). The molecule has 1 saturated heterocycles. The molecule has 31 heavy (non-hydrogen) atoms. The molecule has 1 atom stereocenters. The van der Waals surface area contributed by atoms with Crippen LogP contribution in [0.25, 0.3) is 0 Å². The number of nitrogens with zero attached hydrogens (tertiary/aromatic N) is 2. The summed E-state index contributed by atoms with van der Waals surface area (Å²) in [5.41, 5.74) is 6.16. The van der Waals surface area contributed by atoms with Crippen molar-refractivity contribution in [3.8, 4) is 5.75 Å². The van der Waals surface area contributed by atoms with E-state index in [-0.39, 0.29) is 31.7 Å². The molecule has 0 saturated carbocycles. The highest BCUT2D eigenvalue weighted by molar-refractivity contribution is 6.00. The van der Waals surface area contributed by atoms with E-state index in [1.807, 2.05) is 0 Å². The number of methoxy groups -OCH3 is 1. The molecule has 1 aliphatic heterocycles. The van der Waals surface area contributed by atoms with Crippen LogP contribution in [-0.2, 0) is 4.79 Å². The van der Waals surface area contributed by atoms with Crippen molar-refractivity contribution in [2.75, 3.05) is 38.6 Å². The number of nitrogens with one attached hydrogen (secondary N) is 2. The molecule has 1 aliphatic rings. The number of carbonyl (C=O) groups excluding carboxylic acids is 3. The van der Waals surface area contributed by atoms with E-state index in [9.17, 15) is 18.8 Å². The van der Waals surface area contributed by atoms with Gasteiger partial charge in [-0.1, -0.05) is 6.07 Å². The highest BCUT2D eigenvalue weighted by Gasteiger charge is 2.42. The predicted molar refractivity (Wildman–Crippen MR) is 112 cm³/mol. The lowest BCUT2D eigenvalue weighted by molar-refractivity contribution is -0.127. The number of ether oxygens (including phenoxy) is 1. The summed E-state index contributed by atoms with van der Waals surface area (Å²) in [6, 6.07) is 11.2. The normalized spacial score (nSPS) is 15.5. The topological polar surface area (TPSA) is 117 Å². The molecule has 4 amide bonds. The molecule has 164 valence electrons. The van der Waals surface area contributed by atoms with E-state index in [0.717, 1.165) is 0 Å². The summed E-state index contributed by atoms with van der Waals surface area (Å²) < 4.78 is 18.4. The molecular formula is C21H24FN5O4. The summed E-state index contributed by atoms with van der Waals surface area (Å²) in [6.45, 7) is 0.686. The maximum Gasteiger partial charge on any atom is 0.323 e. The van der Waals surface area contributed by atoms with Crippen LogP contribution in [0.2, 0.25) is 0 Å². The first kappa shape index (κ1) is 22.0. The first-order chi connectivity index (χ1) is 14.9. The van der Waals surface area contributed by atoms with Gasteiger partial charge in [-0.2, -0.15) is 0 Å². The minimum absolute atomic E-state index is 0.141. The van der Waals surface area contributed by atoms with Gasteiger partial charge in [0.25, 0.3) is 11.8 Å². The summed E-state index contributed by atoms with van der Waals surface area (Å²) in [5.74, 6) is -0.928. The molecule has 1 fully saturated rings.